The van der Waals surface area contributed by atoms with Crippen LogP contribution in [0.5, 0.6) is 11.5 Å². The van der Waals surface area contributed by atoms with Crippen LogP contribution in [0.25, 0.3) is 10.2 Å². The van der Waals surface area contributed by atoms with E-state index in [1.165, 1.54) is 10.3 Å². The number of rotatable bonds is 3. The lowest BCUT2D eigenvalue weighted by atomic mass is 10.1. The van der Waals surface area contributed by atoms with E-state index in [1.54, 1.807) is 11.3 Å². The summed E-state index contributed by atoms with van der Waals surface area (Å²) in [5.41, 5.74) is 2.26. The Morgan fingerprint density at radius 3 is 2.77 bits per heavy atom. The zero-order valence-electron chi connectivity index (χ0n) is 14.6. The van der Waals surface area contributed by atoms with Crippen molar-refractivity contribution < 1.29 is 9.47 Å². The van der Waals surface area contributed by atoms with Crippen LogP contribution in [0.1, 0.15) is 18.5 Å². The smallest absolute Gasteiger partial charge is 0.231 e. The van der Waals surface area contributed by atoms with Gasteiger partial charge in [-0.05, 0) is 30.7 Å². The SMILES string of the molecule is CC(c1ccc2c(c1)OCO2)N1CCN(c2nc3cnccc3s2)CC1. The van der Waals surface area contributed by atoms with Crippen molar-refractivity contribution in [3.05, 3.63) is 42.2 Å². The molecule has 3 aromatic rings. The van der Waals surface area contributed by atoms with E-state index in [9.17, 15) is 0 Å². The third-order valence-corrected chi connectivity index (χ3v) is 6.29. The van der Waals surface area contributed by atoms with Crippen LogP contribution in [-0.2, 0) is 0 Å². The van der Waals surface area contributed by atoms with Crippen LogP contribution in [0.2, 0.25) is 0 Å². The van der Waals surface area contributed by atoms with E-state index in [-0.39, 0.29) is 0 Å². The summed E-state index contributed by atoms with van der Waals surface area (Å²) in [6.07, 6.45) is 3.67. The molecule has 2 aliphatic heterocycles. The number of nitrogens with zero attached hydrogens (tertiary/aromatic N) is 4. The van der Waals surface area contributed by atoms with Crippen LogP contribution in [0, 0.1) is 0 Å². The van der Waals surface area contributed by atoms with Gasteiger partial charge in [-0.3, -0.25) is 9.88 Å². The van der Waals surface area contributed by atoms with Crippen LogP contribution >= 0.6 is 11.3 Å². The number of hydrogen-bond donors (Lipinski definition) is 0. The van der Waals surface area contributed by atoms with Crippen molar-refractivity contribution in [1.29, 1.82) is 0 Å². The summed E-state index contributed by atoms with van der Waals surface area (Å²) in [6, 6.07) is 8.66. The Hall–Kier alpha value is -2.38. The van der Waals surface area contributed by atoms with Gasteiger partial charge in [0.15, 0.2) is 16.6 Å². The molecule has 1 fully saturated rings. The molecule has 0 aliphatic carbocycles. The minimum absolute atomic E-state index is 0.323. The molecule has 134 valence electrons. The van der Waals surface area contributed by atoms with Crippen molar-refractivity contribution in [2.24, 2.45) is 0 Å². The van der Waals surface area contributed by atoms with Gasteiger partial charge in [-0.25, -0.2) is 4.98 Å². The maximum Gasteiger partial charge on any atom is 0.231 e. The highest BCUT2D eigenvalue weighted by atomic mass is 32.1. The van der Waals surface area contributed by atoms with Crippen LogP contribution in [0.15, 0.2) is 36.7 Å². The zero-order chi connectivity index (χ0) is 17.5. The van der Waals surface area contributed by atoms with Gasteiger partial charge < -0.3 is 14.4 Å². The number of thiazole rings is 1. The van der Waals surface area contributed by atoms with Crippen LogP contribution in [0.3, 0.4) is 0 Å². The van der Waals surface area contributed by atoms with Gasteiger partial charge >= 0.3 is 0 Å². The number of anilines is 1. The van der Waals surface area contributed by atoms with Crippen LogP contribution < -0.4 is 14.4 Å². The Morgan fingerprint density at radius 2 is 1.92 bits per heavy atom. The lowest BCUT2D eigenvalue weighted by molar-refractivity contribution is 0.173. The standard InChI is InChI=1S/C19H20N4O2S/c1-13(14-2-3-16-17(10-14)25-12-24-16)22-6-8-23(9-7-22)19-21-15-11-20-5-4-18(15)26-19/h2-5,10-11,13H,6-9,12H2,1H3. The Kier molecular flexibility index (Phi) is 3.90. The van der Waals surface area contributed by atoms with E-state index in [4.69, 9.17) is 14.5 Å². The quantitative estimate of drug-likeness (QED) is 0.707. The molecule has 4 heterocycles. The number of piperazine rings is 1. The molecule has 0 spiro atoms. The van der Waals surface area contributed by atoms with E-state index in [0.29, 0.717) is 12.8 Å². The molecule has 6 nitrogen and oxygen atoms in total. The van der Waals surface area contributed by atoms with Gasteiger partial charge in [0, 0.05) is 38.4 Å². The summed E-state index contributed by atoms with van der Waals surface area (Å²) in [4.78, 5) is 13.8. The Balaban J connectivity index is 1.27. The highest BCUT2D eigenvalue weighted by molar-refractivity contribution is 7.22. The molecule has 5 rings (SSSR count). The number of aromatic nitrogens is 2. The van der Waals surface area contributed by atoms with Gasteiger partial charge in [-0.2, -0.15) is 0 Å². The fourth-order valence-corrected chi connectivity index (χ4v) is 4.57. The molecule has 1 aromatic carbocycles. The monoisotopic (exact) mass is 368 g/mol. The van der Waals surface area contributed by atoms with E-state index in [2.05, 4.69) is 33.8 Å². The average molecular weight is 368 g/mol. The highest BCUT2D eigenvalue weighted by Gasteiger charge is 2.25. The first-order chi connectivity index (χ1) is 12.8. The second-order valence-corrected chi connectivity index (χ2v) is 7.66. The first kappa shape index (κ1) is 15.8. The maximum atomic E-state index is 5.52. The molecule has 7 heteroatoms. The fourth-order valence-electron chi connectivity index (χ4n) is 3.59. The minimum atomic E-state index is 0.323. The van der Waals surface area contributed by atoms with Crippen molar-refractivity contribution >= 4 is 26.7 Å². The number of pyridine rings is 1. The third kappa shape index (κ3) is 2.77. The van der Waals surface area contributed by atoms with E-state index >= 15 is 0 Å². The fraction of sp³-hybridized carbons (Fsp3) is 0.368. The Bertz CT molecular complexity index is 903. The molecule has 0 amide bonds. The van der Waals surface area contributed by atoms with E-state index in [0.717, 1.165) is 48.3 Å². The van der Waals surface area contributed by atoms with Crippen molar-refractivity contribution in [2.75, 3.05) is 37.9 Å². The topological polar surface area (TPSA) is 50.7 Å². The van der Waals surface area contributed by atoms with Gasteiger partial charge in [0.2, 0.25) is 6.79 Å². The van der Waals surface area contributed by atoms with Gasteiger partial charge in [-0.1, -0.05) is 17.4 Å². The Labute approximate surface area is 156 Å². The van der Waals surface area contributed by atoms with Gasteiger partial charge in [0.25, 0.3) is 0 Å². The molecule has 26 heavy (non-hydrogen) atoms. The highest BCUT2D eigenvalue weighted by Crippen LogP contribution is 2.36. The number of fused-ring (bicyclic) bond motifs is 2. The predicted octanol–water partition coefficient (Wildman–Crippen LogP) is 3.30. The van der Waals surface area contributed by atoms with Gasteiger partial charge in [-0.15, -0.1) is 0 Å². The summed E-state index contributed by atoms with van der Waals surface area (Å²) >= 11 is 1.75. The molecule has 1 saturated heterocycles. The van der Waals surface area contributed by atoms with Crippen molar-refractivity contribution in [3.63, 3.8) is 0 Å². The molecule has 1 unspecified atom stereocenters. The lowest BCUT2D eigenvalue weighted by Crippen LogP contribution is -2.47. The van der Waals surface area contributed by atoms with E-state index < -0.39 is 0 Å². The number of benzene rings is 1. The van der Waals surface area contributed by atoms with E-state index in [1.807, 2.05) is 24.5 Å². The first-order valence-corrected chi connectivity index (χ1v) is 9.69. The van der Waals surface area contributed by atoms with Gasteiger partial charge in [0.1, 0.15) is 5.52 Å². The molecular formula is C19H20N4O2S. The molecule has 0 radical (unpaired) electrons. The van der Waals surface area contributed by atoms with Crippen molar-refractivity contribution in [2.45, 2.75) is 13.0 Å². The zero-order valence-corrected chi connectivity index (χ0v) is 15.4. The molecular weight excluding hydrogens is 348 g/mol. The molecule has 0 saturated carbocycles. The van der Waals surface area contributed by atoms with Crippen LogP contribution in [-0.4, -0.2) is 47.8 Å². The number of ether oxygens (including phenoxy) is 2. The summed E-state index contributed by atoms with van der Waals surface area (Å²) in [5.74, 6) is 1.70. The molecule has 2 aromatic heterocycles. The van der Waals surface area contributed by atoms with Crippen molar-refractivity contribution in [3.8, 4) is 11.5 Å². The van der Waals surface area contributed by atoms with Crippen molar-refractivity contribution in [1.82, 2.24) is 14.9 Å². The molecule has 1 atom stereocenters. The third-order valence-electron chi connectivity index (χ3n) is 5.19. The molecule has 0 bridgehead atoms. The summed E-state index contributed by atoms with van der Waals surface area (Å²) in [7, 11) is 0. The van der Waals surface area contributed by atoms with Gasteiger partial charge in [0.05, 0.1) is 10.9 Å². The van der Waals surface area contributed by atoms with Crippen LogP contribution in [0.4, 0.5) is 5.13 Å². The first-order valence-electron chi connectivity index (χ1n) is 8.87. The summed E-state index contributed by atoms with van der Waals surface area (Å²) in [5, 5.41) is 1.10. The molecule has 0 N–H and O–H groups in total. The maximum absolute atomic E-state index is 5.52. The predicted molar refractivity (Wildman–Crippen MR) is 102 cm³/mol. The molecule has 2 aliphatic rings. The lowest BCUT2D eigenvalue weighted by Gasteiger charge is -2.38. The normalized spacial score (nSPS) is 18.4. The second-order valence-electron chi connectivity index (χ2n) is 6.65. The number of hydrogen-bond acceptors (Lipinski definition) is 7. The Morgan fingerprint density at radius 1 is 1.08 bits per heavy atom. The second kappa shape index (κ2) is 6.41. The summed E-state index contributed by atoms with van der Waals surface area (Å²) < 4.78 is 12.1. The average Bonchev–Trinajstić information content (AvgIpc) is 3.33. The largest absolute Gasteiger partial charge is 0.454 e. The summed E-state index contributed by atoms with van der Waals surface area (Å²) in [6.45, 7) is 6.60. The minimum Gasteiger partial charge on any atom is -0.454 e.